The molecule has 1 heterocycles. The molecule has 0 bridgehead atoms. The van der Waals surface area contributed by atoms with E-state index in [2.05, 4.69) is 33.2 Å². The van der Waals surface area contributed by atoms with Gasteiger partial charge in [0.05, 0.1) is 18.5 Å². The molecule has 26 heavy (non-hydrogen) atoms. The number of nitrogens with zero attached hydrogens (tertiary/aromatic N) is 3. The van der Waals surface area contributed by atoms with Gasteiger partial charge in [-0.15, -0.1) is 11.8 Å². The standard InChI is InChI=1S/C20H20BrN3OS/c1-23(20(25)15-26-19-9-7-18(21)8-10-19)12-17-11-22-24(14-17)13-16-5-3-2-4-6-16/h2-11,14H,12-13,15H2,1H3. The fraction of sp³-hybridized carbons (Fsp3) is 0.200. The molecule has 0 fully saturated rings. The van der Waals surface area contributed by atoms with Crippen LogP contribution in [0.2, 0.25) is 0 Å². The fourth-order valence-corrected chi connectivity index (χ4v) is 3.60. The van der Waals surface area contributed by atoms with E-state index in [0.29, 0.717) is 12.3 Å². The second kappa shape index (κ2) is 9.05. The highest BCUT2D eigenvalue weighted by atomic mass is 79.9. The Balaban J connectivity index is 1.50. The van der Waals surface area contributed by atoms with Gasteiger partial charge in [-0.3, -0.25) is 9.48 Å². The maximum Gasteiger partial charge on any atom is 0.232 e. The van der Waals surface area contributed by atoms with Crippen molar-refractivity contribution in [1.82, 2.24) is 14.7 Å². The van der Waals surface area contributed by atoms with E-state index in [9.17, 15) is 4.79 Å². The highest BCUT2D eigenvalue weighted by molar-refractivity contribution is 9.10. The van der Waals surface area contributed by atoms with Gasteiger partial charge in [-0.2, -0.15) is 5.10 Å². The lowest BCUT2D eigenvalue weighted by Gasteiger charge is -2.16. The minimum Gasteiger partial charge on any atom is -0.341 e. The van der Waals surface area contributed by atoms with E-state index >= 15 is 0 Å². The molecule has 0 aliphatic rings. The van der Waals surface area contributed by atoms with Crippen molar-refractivity contribution in [2.24, 2.45) is 0 Å². The molecule has 0 unspecified atom stereocenters. The van der Waals surface area contributed by atoms with E-state index in [1.165, 1.54) is 5.56 Å². The minimum absolute atomic E-state index is 0.105. The van der Waals surface area contributed by atoms with Crippen molar-refractivity contribution in [2.75, 3.05) is 12.8 Å². The van der Waals surface area contributed by atoms with Gasteiger partial charge in [0.2, 0.25) is 5.91 Å². The molecule has 0 atom stereocenters. The molecule has 4 nitrogen and oxygen atoms in total. The SMILES string of the molecule is CN(Cc1cnn(Cc2ccccc2)c1)C(=O)CSc1ccc(Br)cc1. The topological polar surface area (TPSA) is 38.1 Å². The molecule has 1 amide bonds. The largest absolute Gasteiger partial charge is 0.341 e. The fourth-order valence-electron chi connectivity index (χ4n) is 2.49. The summed E-state index contributed by atoms with van der Waals surface area (Å²) in [5, 5.41) is 4.39. The molecule has 0 radical (unpaired) electrons. The Morgan fingerprint density at radius 1 is 1.12 bits per heavy atom. The average Bonchev–Trinajstić information content (AvgIpc) is 3.08. The Hall–Kier alpha value is -2.05. The Bertz CT molecular complexity index is 849. The monoisotopic (exact) mass is 429 g/mol. The third kappa shape index (κ3) is 5.47. The Labute approximate surface area is 166 Å². The maximum absolute atomic E-state index is 12.4. The number of carbonyl (C=O) groups excluding carboxylic acids is 1. The molecule has 134 valence electrons. The van der Waals surface area contributed by atoms with E-state index in [4.69, 9.17) is 0 Å². The Kier molecular flexibility index (Phi) is 6.52. The molecule has 3 aromatic rings. The van der Waals surface area contributed by atoms with Crippen LogP contribution < -0.4 is 0 Å². The summed E-state index contributed by atoms with van der Waals surface area (Å²) in [7, 11) is 1.83. The van der Waals surface area contributed by atoms with Crippen LogP contribution >= 0.6 is 27.7 Å². The third-order valence-corrected chi connectivity index (χ3v) is 5.42. The normalized spacial score (nSPS) is 10.7. The van der Waals surface area contributed by atoms with Crippen LogP contribution in [0.4, 0.5) is 0 Å². The molecular formula is C20H20BrN3OS. The first-order valence-corrected chi connectivity index (χ1v) is 10.1. The summed E-state index contributed by atoms with van der Waals surface area (Å²) in [4.78, 5) is 15.2. The molecule has 0 saturated carbocycles. The van der Waals surface area contributed by atoms with Gasteiger partial charge in [0, 0.05) is 34.7 Å². The van der Waals surface area contributed by atoms with Gasteiger partial charge < -0.3 is 4.90 Å². The minimum atomic E-state index is 0.105. The Morgan fingerprint density at radius 2 is 1.85 bits per heavy atom. The van der Waals surface area contributed by atoms with Crippen LogP contribution in [0.15, 0.2) is 76.4 Å². The van der Waals surface area contributed by atoms with Crippen LogP contribution in [-0.2, 0) is 17.9 Å². The van der Waals surface area contributed by atoms with E-state index in [0.717, 1.165) is 21.5 Å². The molecule has 3 rings (SSSR count). The number of benzene rings is 2. The van der Waals surface area contributed by atoms with Crippen LogP contribution in [0.1, 0.15) is 11.1 Å². The van der Waals surface area contributed by atoms with Crippen LogP contribution in [0, 0.1) is 0 Å². The predicted octanol–water partition coefficient (Wildman–Crippen LogP) is 4.44. The first-order chi connectivity index (χ1) is 12.6. The van der Waals surface area contributed by atoms with E-state index in [-0.39, 0.29) is 5.91 Å². The van der Waals surface area contributed by atoms with Crippen molar-refractivity contribution in [3.8, 4) is 0 Å². The first kappa shape index (κ1) is 18.7. The zero-order valence-corrected chi connectivity index (χ0v) is 16.9. The Morgan fingerprint density at radius 3 is 2.58 bits per heavy atom. The molecule has 0 spiro atoms. The van der Waals surface area contributed by atoms with E-state index < -0.39 is 0 Å². The quantitative estimate of drug-likeness (QED) is 0.520. The second-order valence-electron chi connectivity index (χ2n) is 6.02. The van der Waals surface area contributed by atoms with Gasteiger partial charge >= 0.3 is 0 Å². The summed E-state index contributed by atoms with van der Waals surface area (Å²) in [6.45, 7) is 1.30. The first-order valence-electron chi connectivity index (χ1n) is 8.28. The summed E-state index contributed by atoms with van der Waals surface area (Å²) in [6.07, 6.45) is 3.83. The highest BCUT2D eigenvalue weighted by Gasteiger charge is 2.11. The molecular weight excluding hydrogens is 410 g/mol. The molecule has 0 saturated heterocycles. The van der Waals surface area contributed by atoms with Crippen LogP contribution in [0.3, 0.4) is 0 Å². The van der Waals surface area contributed by atoms with Crippen molar-refractivity contribution >= 4 is 33.6 Å². The van der Waals surface area contributed by atoms with Crippen LogP contribution in [-0.4, -0.2) is 33.4 Å². The lowest BCUT2D eigenvalue weighted by Crippen LogP contribution is -2.27. The van der Waals surface area contributed by atoms with Crippen molar-refractivity contribution < 1.29 is 4.79 Å². The van der Waals surface area contributed by atoms with Crippen molar-refractivity contribution in [1.29, 1.82) is 0 Å². The molecule has 0 N–H and O–H groups in total. The number of amides is 1. The van der Waals surface area contributed by atoms with Crippen molar-refractivity contribution in [2.45, 2.75) is 18.0 Å². The smallest absolute Gasteiger partial charge is 0.232 e. The number of carbonyl (C=O) groups is 1. The van der Waals surface area contributed by atoms with Gasteiger partial charge in [0.25, 0.3) is 0 Å². The van der Waals surface area contributed by atoms with Gasteiger partial charge in [-0.25, -0.2) is 0 Å². The second-order valence-corrected chi connectivity index (χ2v) is 7.99. The summed E-state index contributed by atoms with van der Waals surface area (Å²) in [6, 6.07) is 18.2. The molecule has 2 aromatic carbocycles. The molecule has 6 heteroatoms. The average molecular weight is 430 g/mol. The van der Waals surface area contributed by atoms with E-state index in [1.54, 1.807) is 16.7 Å². The van der Waals surface area contributed by atoms with Crippen LogP contribution in [0.5, 0.6) is 0 Å². The number of hydrogen-bond acceptors (Lipinski definition) is 3. The van der Waals surface area contributed by atoms with Gasteiger partial charge in [-0.1, -0.05) is 46.3 Å². The zero-order valence-electron chi connectivity index (χ0n) is 14.5. The maximum atomic E-state index is 12.4. The lowest BCUT2D eigenvalue weighted by atomic mass is 10.2. The van der Waals surface area contributed by atoms with Gasteiger partial charge in [0.1, 0.15) is 0 Å². The zero-order chi connectivity index (χ0) is 18.4. The summed E-state index contributed by atoms with van der Waals surface area (Å²) in [5.74, 6) is 0.532. The number of halogens is 1. The number of rotatable bonds is 7. The van der Waals surface area contributed by atoms with Crippen LogP contribution in [0.25, 0.3) is 0 Å². The lowest BCUT2D eigenvalue weighted by molar-refractivity contribution is -0.127. The number of thioether (sulfide) groups is 1. The highest BCUT2D eigenvalue weighted by Crippen LogP contribution is 2.21. The van der Waals surface area contributed by atoms with Gasteiger partial charge in [0.15, 0.2) is 0 Å². The molecule has 0 aliphatic heterocycles. The summed E-state index contributed by atoms with van der Waals surface area (Å²) >= 11 is 4.97. The summed E-state index contributed by atoms with van der Waals surface area (Å²) < 4.78 is 2.94. The predicted molar refractivity (Wildman–Crippen MR) is 109 cm³/mol. The number of hydrogen-bond donors (Lipinski definition) is 0. The van der Waals surface area contributed by atoms with E-state index in [1.807, 2.05) is 66.6 Å². The molecule has 0 aliphatic carbocycles. The summed E-state index contributed by atoms with van der Waals surface area (Å²) in [5.41, 5.74) is 2.24. The van der Waals surface area contributed by atoms with Crippen molar-refractivity contribution in [3.63, 3.8) is 0 Å². The number of aromatic nitrogens is 2. The third-order valence-electron chi connectivity index (χ3n) is 3.90. The molecule has 1 aromatic heterocycles. The van der Waals surface area contributed by atoms with Gasteiger partial charge in [-0.05, 0) is 29.8 Å². The van der Waals surface area contributed by atoms with Crippen molar-refractivity contribution in [3.05, 3.63) is 82.6 Å².